The Morgan fingerprint density at radius 3 is 2.75 bits per heavy atom. The molecule has 0 aromatic heterocycles. The minimum absolute atomic E-state index is 0.0291. The first-order valence-corrected chi connectivity index (χ1v) is 8.75. The first-order chi connectivity index (χ1) is 11.7. The summed E-state index contributed by atoms with van der Waals surface area (Å²) < 4.78 is 11.0. The van der Waals surface area contributed by atoms with Crippen molar-refractivity contribution in [1.82, 2.24) is 4.90 Å². The number of hydrogen-bond donors (Lipinski definition) is 0. The number of esters is 1. The lowest BCUT2D eigenvalue weighted by molar-refractivity contribution is -0.158. The summed E-state index contributed by atoms with van der Waals surface area (Å²) in [5.74, 6) is -0.962. The maximum atomic E-state index is 12.4. The average molecular weight is 331 g/mol. The van der Waals surface area contributed by atoms with Crippen molar-refractivity contribution in [3.63, 3.8) is 0 Å². The van der Waals surface area contributed by atoms with E-state index in [0.717, 1.165) is 24.9 Å². The molecule has 0 N–H and O–H groups in total. The number of hydrogen-bond acceptors (Lipinski definition) is 5. The Morgan fingerprint density at radius 2 is 2.00 bits per heavy atom. The molecule has 3 rings (SSSR count). The standard InChI is InChI=1S/C19H25NO4/c1-2-24-19(22)17-11-20-10-15(18(17)21)8-9-16(20)13-23-12-14-6-4-3-5-7-14/h3-7,15-17H,2,8-13H2,1H3/t15-,16-,17?/m1/s1. The van der Waals surface area contributed by atoms with Crippen LogP contribution in [-0.2, 0) is 25.7 Å². The number of carbonyl (C=O) groups excluding carboxylic acids is 2. The second kappa shape index (κ2) is 7.90. The highest BCUT2D eigenvalue weighted by atomic mass is 16.5. The van der Waals surface area contributed by atoms with Crippen LogP contribution in [0.2, 0.25) is 0 Å². The number of benzene rings is 1. The summed E-state index contributed by atoms with van der Waals surface area (Å²) in [6.45, 7) is 4.52. The fourth-order valence-electron chi connectivity index (χ4n) is 3.67. The van der Waals surface area contributed by atoms with E-state index < -0.39 is 5.92 Å². The third kappa shape index (κ3) is 3.84. The van der Waals surface area contributed by atoms with Gasteiger partial charge in [-0.1, -0.05) is 30.3 Å². The van der Waals surface area contributed by atoms with Crippen LogP contribution in [0.15, 0.2) is 30.3 Å². The molecule has 5 nitrogen and oxygen atoms in total. The first kappa shape index (κ1) is 17.1. The molecule has 24 heavy (non-hydrogen) atoms. The largest absolute Gasteiger partial charge is 0.465 e. The summed E-state index contributed by atoms with van der Waals surface area (Å²) in [6, 6.07) is 10.4. The van der Waals surface area contributed by atoms with Crippen LogP contribution >= 0.6 is 0 Å². The zero-order chi connectivity index (χ0) is 16.9. The third-order valence-electron chi connectivity index (χ3n) is 4.98. The molecule has 0 spiro atoms. The van der Waals surface area contributed by atoms with E-state index in [1.165, 1.54) is 0 Å². The Morgan fingerprint density at radius 1 is 1.21 bits per heavy atom. The number of Topliss-reactive ketones (excluding diaryl/α,β-unsaturated/α-hetero) is 1. The number of carbonyl (C=O) groups is 2. The van der Waals surface area contributed by atoms with Crippen molar-refractivity contribution in [3.05, 3.63) is 35.9 Å². The molecule has 2 fully saturated rings. The molecule has 2 saturated heterocycles. The topological polar surface area (TPSA) is 55.8 Å². The average Bonchev–Trinajstić information content (AvgIpc) is 2.60. The lowest BCUT2D eigenvalue weighted by atomic mass is 9.79. The summed E-state index contributed by atoms with van der Waals surface area (Å²) in [6.07, 6.45) is 1.78. The van der Waals surface area contributed by atoms with Crippen LogP contribution in [0.25, 0.3) is 0 Å². The highest BCUT2D eigenvalue weighted by molar-refractivity contribution is 6.01. The van der Waals surface area contributed by atoms with E-state index in [9.17, 15) is 9.59 Å². The number of rotatable bonds is 6. The van der Waals surface area contributed by atoms with E-state index in [4.69, 9.17) is 9.47 Å². The Labute approximate surface area is 142 Å². The Balaban J connectivity index is 1.55. The first-order valence-electron chi connectivity index (χ1n) is 8.75. The molecule has 2 aliphatic rings. The van der Waals surface area contributed by atoms with E-state index in [1.54, 1.807) is 6.92 Å². The lowest BCUT2D eigenvalue weighted by Crippen LogP contribution is -2.57. The van der Waals surface area contributed by atoms with Crippen LogP contribution in [0.3, 0.4) is 0 Å². The molecule has 4 atom stereocenters. The molecule has 0 amide bonds. The van der Waals surface area contributed by atoms with Gasteiger partial charge in [-0.3, -0.25) is 14.5 Å². The van der Waals surface area contributed by atoms with Crippen LogP contribution in [0.1, 0.15) is 25.3 Å². The van der Waals surface area contributed by atoms with Crippen LogP contribution in [-0.4, -0.2) is 49.0 Å². The normalized spacial score (nSPS) is 29.3. The van der Waals surface area contributed by atoms with Crippen LogP contribution in [0.5, 0.6) is 0 Å². The number of nitrogens with zero attached hydrogens (tertiary/aromatic N) is 1. The van der Waals surface area contributed by atoms with Gasteiger partial charge in [0.25, 0.3) is 0 Å². The van der Waals surface area contributed by atoms with Gasteiger partial charge in [-0.25, -0.2) is 0 Å². The minimum atomic E-state index is -0.624. The minimum Gasteiger partial charge on any atom is -0.465 e. The van der Waals surface area contributed by atoms with Gasteiger partial charge in [0.05, 0.1) is 19.8 Å². The molecular weight excluding hydrogens is 306 g/mol. The molecule has 2 aliphatic heterocycles. The second-order valence-corrected chi connectivity index (χ2v) is 6.59. The van der Waals surface area contributed by atoms with Crippen LogP contribution in [0, 0.1) is 11.8 Å². The van der Waals surface area contributed by atoms with Crippen molar-refractivity contribution in [2.75, 3.05) is 26.3 Å². The van der Waals surface area contributed by atoms with E-state index in [1.807, 2.05) is 30.3 Å². The molecule has 0 aliphatic carbocycles. The van der Waals surface area contributed by atoms with Crippen molar-refractivity contribution in [2.24, 2.45) is 11.8 Å². The Kier molecular flexibility index (Phi) is 5.63. The summed E-state index contributed by atoms with van der Waals surface area (Å²) in [4.78, 5) is 26.7. The van der Waals surface area contributed by atoms with Gasteiger partial charge in [-0.05, 0) is 25.3 Å². The number of piperidine rings is 2. The predicted molar refractivity (Wildman–Crippen MR) is 89.3 cm³/mol. The smallest absolute Gasteiger partial charge is 0.317 e. The number of ketones is 1. The molecule has 1 aromatic rings. The molecule has 130 valence electrons. The van der Waals surface area contributed by atoms with Gasteiger partial charge < -0.3 is 9.47 Å². The van der Waals surface area contributed by atoms with E-state index in [2.05, 4.69) is 4.90 Å². The van der Waals surface area contributed by atoms with Crippen molar-refractivity contribution in [3.8, 4) is 0 Å². The Hall–Kier alpha value is -1.72. The van der Waals surface area contributed by atoms with Gasteiger partial charge in [0.2, 0.25) is 0 Å². The van der Waals surface area contributed by atoms with Crippen molar-refractivity contribution in [1.29, 1.82) is 0 Å². The van der Waals surface area contributed by atoms with E-state index in [0.29, 0.717) is 26.4 Å². The van der Waals surface area contributed by atoms with Crippen LogP contribution < -0.4 is 0 Å². The zero-order valence-electron chi connectivity index (χ0n) is 14.1. The summed E-state index contributed by atoms with van der Waals surface area (Å²) in [5, 5.41) is 0. The SMILES string of the molecule is CCOC(=O)C1CN2C[C@@H](CC[C@@H]2COCc2ccccc2)C1=O. The summed E-state index contributed by atoms with van der Waals surface area (Å²) in [5.41, 5.74) is 1.16. The van der Waals surface area contributed by atoms with Gasteiger partial charge >= 0.3 is 5.97 Å². The number of ether oxygens (including phenoxy) is 2. The maximum absolute atomic E-state index is 12.4. The summed E-state index contributed by atoms with van der Waals surface area (Å²) >= 11 is 0. The number of fused-ring (bicyclic) bond motifs is 2. The molecule has 1 aromatic carbocycles. The van der Waals surface area contributed by atoms with Gasteiger partial charge in [0.1, 0.15) is 5.92 Å². The van der Waals surface area contributed by atoms with Crippen LogP contribution in [0.4, 0.5) is 0 Å². The monoisotopic (exact) mass is 331 g/mol. The summed E-state index contributed by atoms with van der Waals surface area (Å²) in [7, 11) is 0. The van der Waals surface area contributed by atoms with Gasteiger partial charge in [-0.2, -0.15) is 0 Å². The highest BCUT2D eigenvalue weighted by Crippen LogP contribution is 2.31. The van der Waals surface area contributed by atoms with Crippen molar-refractivity contribution >= 4 is 11.8 Å². The molecular formula is C19H25NO4. The quantitative estimate of drug-likeness (QED) is 0.590. The van der Waals surface area contributed by atoms with Gasteiger partial charge in [0, 0.05) is 25.0 Å². The Bertz CT molecular complexity index is 574. The fourth-order valence-corrected chi connectivity index (χ4v) is 3.67. The predicted octanol–water partition coefficient (Wildman–Crippen LogP) is 2.05. The fraction of sp³-hybridized carbons (Fsp3) is 0.579. The van der Waals surface area contributed by atoms with E-state index >= 15 is 0 Å². The van der Waals surface area contributed by atoms with E-state index in [-0.39, 0.29) is 23.7 Å². The van der Waals surface area contributed by atoms with Crippen molar-refractivity contribution in [2.45, 2.75) is 32.4 Å². The van der Waals surface area contributed by atoms with Gasteiger partial charge in [0.15, 0.2) is 5.78 Å². The van der Waals surface area contributed by atoms with Crippen molar-refractivity contribution < 1.29 is 19.1 Å². The lowest BCUT2D eigenvalue weighted by Gasteiger charge is -2.44. The molecule has 0 saturated carbocycles. The third-order valence-corrected chi connectivity index (χ3v) is 4.98. The molecule has 2 bridgehead atoms. The van der Waals surface area contributed by atoms with Gasteiger partial charge in [-0.15, -0.1) is 0 Å². The maximum Gasteiger partial charge on any atom is 0.317 e. The highest BCUT2D eigenvalue weighted by Gasteiger charge is 2.44. The molecule has 0 radical (unpaired) electrons. The molecule has 2 unspecified atom stereocenters. The second-order valence-electron chi connectivity index (χ2n) is 6.59. The molecule has 2 heterocycles. The molecule has 5 heteroatoms. The zero-order valence-corrected chi connectivity index (χ0v) is 14.1.